The van der Waals surface area contributed by atoms with E-state index in [0.29, 0.717) is 11.3 Å². The normalized spacial score (nSPS) is 10.9. The molecule has 8 nitrogen and oxygen atoms in total. The topological polar surface area (TPSA) is 119 Å². The number of non-ortho nitro benzene ring substituents is 1. The molecule has 0 aliphatic rings. The van der Waals surface area contributed by atoms with Gasteiger partial charge in [0.2, 0.25) is 0 Å². The molecule has 0 unspecified atom stereocenters. The predicted molar refractivity (Wildman–Crippen MR) is 95.0 cm³/mol. The highest BCUT2D eigenvalue weighted by atomic mass is 16.6. The summed E-state index contributed by atoms with van der Waals surface area (Å²) in [6, 6.07) is 9.68. The van der Waals surface area contributed by atoms with Crippen LogP contribution in [-0.4, -0.2) is 28.8 Å². The maximum atomic E-state index is 12.4. The molecule has 0 bridgehead atoms. The van der Waals surface area contributed by atoms with Gasteiger partial charge >= 0.3 is 0 Å². The molecule has 2 aromatic rings. The van der Waals surface area contributed by atoms with Crippen molar-refractivity contribution >= 4 is 29.1 Å². The smallest absolute Gasteiger partial charge is 0.269 e. The lowest BCUT2D eigenvalue weighted by atomic mass is 10.1. The van der Waals surface area contributed by atoms with Crippen LogP contribution < -0.4 is 10.1 Å². The van der Waals surface area contributed by atoms with Crippen molar-refractivity contribution in [3.8, 4) is 11.5 Å². The molecule has 0 aromatic heterocycles. The van der Waals surface area contributed by atoms with Crippen LogP contribution in [0.4, 0.5) is 11.4 Å². The second-order valence-electron chi connectivity index (χ2n) is 5.30. The van der Waals surface area contributed by atoms with Gasteiger partial charge in [0.05, 0.1) is 17.6 Å². The van der Waals surface area contributed by atoms with Crippen LogP contribution in [0.25, 0.3) is 6.08 Å². The van der Waals surface area contributed by atoms with Crippen LogP contribution in [0.3, 0.4) is 0 Å². The summed E-state index contributed by atoms with van der Waals surface area (Å²) in [4.78, 5) is 34.3. The predicted octanol–water partition coefficient (Wildman–Crippen LogP) is 2.92. The van der Waals surface area contributed by atoms with E-state index in [0.717, 1.165) is 0 Å². The molecule has 0 fully saturated rings. The van der Waals surface area contributed by atoms with Crippen molar-refractivity contribution in [2.24, 2.45) is 0 Å². The molecule has 0 saturated carbocycles. The molecule has 0 aliphatic heterocycles. The third-order valence-corrected chi connectivity index (χ3v) is 3.47. The second kappa shape index (κ2) is 7.93. The molecule has 2 N–H and O–H groups in total. The Morgan fingerprint density at radius 2 is 1.85 bits per heavy atom. The van der Waals surface area contributed by atoms with E-state index in [9.17, 15) is 24.8 Å². The first-order valence-corrected chi connectivity index (χ1v) is 7.47. The number of methoxy groups -OCH3 is 1. The molecule has 0 atom stereocenters. The lowest BCUT2D eigenvalue weighted by Gasteiger charge is -2.08. The van der Waals surface area contributed by atoms with Crippen LogP contribution in [0.2, 0.25) is 0 Å². The van der Waals surface area contributed by atoms with E-state index in [-0.39, 0.29) is 22.8 Å². The fourth-order valence-electron chi connectivity index (χ4n) is 2.16. The summed E-state index contributed by atoms with van der Waals surface area (Å²) in [6.45, 7) is 1.24. The van der Waals surface area contributed by atoms with Crippen molar-refractivity contribution in [2.75, 3.05) is 12.4 Å². The number of nitro benzene ring substituents is 1. The Labute approximate surface area is 148 Å². The second-order valence-corrected chi connectivity index (χ2v) is 5.30. The summed E-state index contributed by atoms with van der Waals surface area (Å²) >= 11 is 0. The van der Waals surface area contributed by atoms with E-state index in [1.54, 1.807) is 6.07 Å². The highest BCUT2D eigenvalue weighted by molar-refractivity contribution is 6.25. The fraction of sp³-hybridized carbons (Fsp3) is 0.111. The summed E-state index contributed by atoms with van der Waals surface area (Å²) < 4.78 is 4.94. The maximum Gasteiger partial charge on any atom is 0.269 e. The van der Waals surface area contributed by atoms with Gasteiger partial charge in [-0.15, -0.1) is 0 Å². The van der Waals surface area contributed by atoms with Gasteiger partial charge in [0.25, 0.3) is 11.6 Å². The Balaban J connectivity index is 2.25. The SMILES string of the molecule is COc1ccc(/C=C(\C(C)=O)C(=O)Nc2ccc([N+](=O)[O-])cc2)cc1O. The quantitative estimate of drug-likeness (QED) is 0.270. The summed E-state index contributed by atoms with van der Waals surface area (Å²) in [7, 11) is 1.41. The van der Waals surface area contributed by atoms with Gasteiger partial charge in [-0.05, 0) is 42.8 Å². The molecular formula is C18H16N2O6. The molecule has 2 rings (SSSR count). The maximum absolute atomic E-state index is 12.4. The number of carbonyl (C=O) groups excluding carboxylic acids is 2. The van der Waals surface area contributed by atoms with Gasteiger partial charge in [0.1, 0.15) is 0 Å². The third-order valence-electron chi connectivity index (χ3n) is 3.47. The molecule has 0 saturated heterocycles. The zero-order valence-corrected chi connectivity index (χ0v) is 14.1. The standard InChI is InChI=1S/C18H16N2O6/c1-11(21)15(9-12-3-8-17(26-2)16(22)10-12)18(23)19-13-4-6-14(7-5-13)20(24)25/h3-10,22H,1-2H3,(H,19,23)/b15-9+. The van der Waals surface area contributed by atoms with E-state index in [4.69, 9.17) is 4.74 Å². The van der Waals surface area contributed by atoms with E-state index in [2.05, 4.69) is 5.32 Å². The van der Waals surface area contributed by atoms with Gasteiger partial charge in [-0.1, -0.05) is 6.07 Å². The number of carbonyl (C=O) groups is 2. The van der Waals surface area contributed by atoms with E-state index in [1.165, 1.54) is 56.5 Å². The number of phenols is 1. The van der Waals surface area contributed by atoms with Crippen molar-refractivity contribution < 1.29 is 24.4 Å². The average Bonchev–Trinajstić information content (AvgIpc) is 2.59. The minimum Gasteiger partial charge on any atom is -0.504 e. The number of ether oxygens (including phenoxy) is 1. The van der Waals surface area contributed by atoms with Crippen LogP contribution in [0.1, 0.15) is 12.5 Å². The zero-order chi connectivity index (χ0) is 19.3. The number of anilines is 1. The number of nitro groups is 1. The van der Waals surface area contributed by atoms with Crippen molar-refractivity contribution in [1.82, 2.24) is 0 Å². The summed E-state index contributed by atoms with van der Waals surface area (Å²) in [5, 5.41) is 22.9. The molecule has 8 heteroatoms. The van der Waals surface area contributed by atoms with Crippen molar-refractivity contribution in [3.63, 3.8) is 0 Å². The number of hydrogen-bond acceptors (Lipinski definition) is 6. The van der Waals surface area contributed by atoms with E-state index < -0.39 is 16.6 Å². The number of ketones is 1. The number of nitrogens with one attached hydrogen (secondary N) is 1. The number of nitrogens with zero attached hydrogens (tertiary/aromatic N) is 1. The van der Waals surface area contributed by atoms with Crippen molar-refractivity contribution in [3.05, 3.63) is 63.7 Å². The number of phenolic OH excluding ortho intramolecular Hbond substituents is 1. The number of rotatable bonds is 6. The molecule has 0 spiro atoms. The first-order chi connectivity index (χ1) is 12.3. The molecule has 1 amide bonds. The van der Waals surface area contributed by atoms with E-state index >= 15 is 0 Å². The molecule has 26 heavy (non-hydrogen) atoms. The van der Waals surface area contributed by atoms with Gasteiger partial charge < -0.3 is 15.2 Å². The molecule has 2 aromatic carbocycles. The lowest BCUT2D eigenvalue weighted by Crippen LogP contribution is -2.18. The first kappa shape index (κ1) is 18.7. The Bertz CT molecular complexity index is 887. The Morgan fingerprint density at radius 3 is 2.35 bits per heavy atom. The first-order valence-electron chi connectivity index (χ1n) is 7.47. The number of Topliss-reactive ketones (excluding diaryl/α,β-unsaturated/α-hetero) is 1. The summed E-state index contributed by atoms with van der Waals surface area (Å²) in [5.41, 5.74) is 0.504. The minimum atomic E-state index is -0.665. The summed E-state index contributed by atoms with van der Waals surface area (Å²) in [5.74, 6) is -0.997. The van der Waals surface area contributed by atoms with Crippen LogP contribution in [0, 0.1) is 10.1 Å². The monoisotopic (exact) mass is 356 g/mol. The van der Waals surface area contributed by atoms with Gasteiger partial charge in [-0.2, -0.15) is 0 Å². The molecule has 0 aliphatic carbocycles. The van der Waals surface area contributed by atoms with Crippen LogP contribution in [0.15, 0.2) is 48.0 Å². The largest absolute Gasteiger partial charge is 0.504 e. The van der Waals surface area contributed by atoms with E-state index in [1.807, 2.05) is 0 Å². The van der Waals surface area contributed by atoms with Crippen LogP contribution in [0.5, 0.6) is 11.5 Å². The van der Waals surface area contributed by atoms with Crippen molar-refractivity contribution in [2.45, 2.75) is 6.92 Å². The number of amides is 1. The molecule has 0 heterocycles. The Morgan fingerprint density at radius 1 is 1.19 bits per heavy atom. The van der Waals surface area contributed by atoms with Gasteiger partial charge in [0.15, 0.2) is 17.3 Å². The van der Waals surface area contributed by atoms with Gasteiger partial charge in [-0.3, -0.25) is 19.7 Å². The van der Waals surface area contributed by atoms with Crippen molar-refractivity contribution in [1.29, 1.82) is 0 Å². The highest BCUT2D eigenvalue weighted by Crippen LogP contribution is 2.27. The molecular weight excluding hydrogens is 340 g/mol. The Hall–Kier alpha value is -3.68. The minimum absolute atomic E-state index is 0.112. The molecule has 0 radical (unpaired) electrons. The number of benzene rings is 2. The third kappa shape index (κ3) is 4.44. The van der Waals surface area contributed by atoms with Crippen LogP contribution in [-0.2, 0) is 9.59 Å². The fourth-order valence-corrected chi connectivity index (χ4v) is 2.16. The zero-order valence-electron chi connectivity index (χ0n) is 14.1. The van der Waals surface area contributed by atoms with Crippen LogP contribution >= 0.6 is 0 Å². The summed E-state index contributed by atoms with van der Waals surface area (Å²) in [6.07, 6.45) is 1.34. The van der Waals surface area contributed by atoms with Gasteiger partial charge in [0, 0.05) is 17.8 Å². The lowest BCUT2D eigenvalue weighted by molar-refractivity contribution is -0.384. The molecule has 134 valence electrons. The highest BCUT2D eigenvalue weighted by Gasteiger charge is 2.16. The van der Waals surface area contributed by atoms with Gasteiger partial charge in [-0.25, -0.2) is 0 Å². The number of hydrogen-bond donors (Lipinski definition) is 2. The number of aromatic hydroxyl groups is 1. The Kier molecular flexibility index (Phi) is 5.69. The average molecular weight is 356 g/mol.